The lowest BCUT2D eigenvalue weighted by molar-refractivity contribution is 0.0913. The molecule has 1 fully saturated rings. The molecule has 0 bridgehead atoms. The molecule has 5 heteroatoms. The lowest BCUT2D eigenvalue weighted by atomic mass is 10.0. The largest absolute Gasteiger partial charge is 0.346 e. The Kier molecular flexibility index (Phi) is 2.56. The molecule has 1 amide bonds. The van der Waals surface area contributed by atoms with Crippen molar-refractivity contribution < 1.29 is 4.79 Å². The predicted octanol–water partition coefficient (Wildman–Crippen LogP) is 1.04. The standard InChI is InChI=1S/C13H16N4O/c1-13(4-5-14-7-13)17-12(18)9-2-3-10-11(6-9)16-8-15-10/h2-3,6,8,14H,4-5,7H2,1H3,(H,15,16)(H,17,18). The van der Waals surface area contributed by atoms with Crippen LogP contribution in [0.1, 0.15) is 23.7 Å². The minimum Gasteiger partial charge on any atom is -0.346 e. The Hall–Kier alpha value is -1.88. The number of hydrogen-bond donors (Lipinski definition) is 3. The molecule has 1 aromatic heterocycles. The second-order valence-corrected chi connectivity index (χ2v) is 5.08. The molecule has 1 aromatic carbocycles. The fraction of sp³-hybridized carbons (Fsp3) is 0.385. The number of nitrogens with zero attached hydrogens (tertiary/aromatic N) is 1. The smallest absolute Gasteiger partial charge is 0.251 e. The van der Waals surface area contributed by atoms with E-state index in [1.807, 2.05) is 18.2 Å². The Labute approximate surface area is 105 Å². The van der Waals surface area contributed by atoms with Crippen molar-refractivity contribution in [2.75, 3.05) is 13.1 Å². The molecule has 1 atom stereocenters. The first-order valence-electron chi connectivity index (χ1n) is 6.13. The number of carbonyl (C=O) groups is 1. The number of nitrogens with one attached hydrogen (secondary N) is 3. The third kappa shape index (κ3) is 1.97. The summed E-state index contributed by atoms with van der Waals surface area (Å²) in [6, 6.07) is 5.50. The third-order valence-corrected chi connectivity index (χ3v) is 3.47. The third-order valence-electron chi connectivity index (χ3n) is 3.47. The first-order chi connectivity index (χ1) is 8.66. The molecule has 0 radical (unpaired) electrons. The minimum atomic E-state index is -0.139. The van der Waals surface area contributed by atoms with Gasteiger partial charge in [-0.1, -0.05) is 0 Å². The Balaban J connectivity index is 1.82. The molecule has 18 heavy (non-hydrogen) atoms. The van der Waals surface area contributed by atoms with Gasteiger partial charge in [0.1, 0.15) is 0 Å². The van der Waals surface area contributed by atoms with Crippen LogP contribution in [-0.2, 0) is 0 Å². The number of amides is 1. The van der Waals surface area contributed by atoms with Gasteiger partial charge in [-0.2, -0.15) is 0 Å². The van der Waals surface area contributed by atoms with Crippen molar-refractivity contribution in [2.24, 2.45) is 0 Å². The van der Waals surface area contributed by atoms with Crippen molar-refractivity contribution in [3.8, 4) is 0 Å². The van der Waals surface area contributed by atoms with Gasteiger partial charge < -0.3 is 15.6 Å². The van der Waals surface area contributed by atoms with Crippen LogP contribution in [0.25, 0.3) is 11.0 Å². The van der Waals surface area contributed by atoms with Crippen molar-refractivity contribution >= 4 is 16.9 Å². The van der Waals surface area contributed by atoms with Gasteiger partial charge >= 0.3 is 0 Å². The first kappa shape index (κ1) is 11.2. The number of aromatic amines is 1. The van der Waals surface area contributed by atoms with E-state index < -0.39 is 0 Å². The van der Waals surface area contributed by atoms with Crippen LogP contribution in [0, 0.1) is 0 Å². The molecule has 3 rings (SSSR count). The monoisotopic (exact) mass is 244 g/mol. The molecule has 2 aromatic rings. The zero-order chi connectivity index (χ0) is 12.6. The van der Waals surface area contributed by atoms with Gasteiger partial charge in [-0.3, -0.25) is 4.79 Å². The van der Waals surface area contributed by atoms with E-state index >= 15 is 0 Å². The molecule has 0 aliphatic carbocycles. The summed E-state index contributed by atoms with van der Waals surface area (Å²) in [6.45, 7) is 3.85. The zero-order valence-electron chi connectivity index (χ0n) is 10.3. The van der Waals surface area contributed by atoms with E-state index in [0.29, 0.717) is 5.56 Å². The van der Waals surface area contributed by atoms with E-state index in [4.69, 9.17) is 0 Å². The number of rotatable bonds is 2. The highest BCUT2D eigenvalue weighted by molar-refractivity contribution is 5.97. The highest BCUT2D eigenvalue weighted by Crippen LogP contribution is 2.16. The van der Waals surface area contributed by atoms with Crippen LogP contribution in [0.5, 0.6) is 0 Å². The van der Waals surface area contributed by atoms with E-state index in [1.54, 1.807) is 6.33 Å². The van der Waals surface area contributed by atoms with Crippen LogP contribution in [0.3, 0.4) is 0 Å². The van der Waals surface area contributed by atoms with Gasteiger partial charge in [0, 0.05) is 12.1 Å². The van der Waals surface area contributed by atoms with E-state index in [1.165, 1.54) is 0 Å². The Bertz CT molecular complexity index is 583. The lowest BCUT2D eigenvalue weighted by Crippen LogP contribution is -2.47. The van der Waals surface area contributed by atoms with Crippen molar-refractivity contribution in [3.05, 3.63) is 30.1 Å². The van der Waals surface area contributed by atoms with Crippen LogP contribution in [0.2, 0.25) is 0 Å². The second-order valence-electron chi connectivity index (χ2n) is 5.08. The van der Waals surface area contributed by atoms with Crippen LogP contribution in [0.15, 0.2) is 24.5 Å². The lowest BCUT2D eigenvalue weighted by Gasteiger charge is -2.24. The molecule has 3 N–H and O–H groups in total. The Morgan fingerprint density at radius 3 is 3.17 bits per heavy atom. The van der Waals surface area contributed by atoms with E-state index in [2.05, 4.69) is 27.5 Å². The van der Waals surface area contributed by atoms with Gasteiger partial charge in [0.2, 0.25) is 0 Å². The number of hydrogen-bond acceptors (Lipinski definition) is 3. The average Bonchev–Trinajstić information content (AvgIpc) is 2.96. The molecule has 5 nitrogen and oxygen atoms in total. The average molecular weight is 244 g/mol. The van der Waals surface area contributed by atoms with Gasteiger partial charge in [-0.15, -0.1) is 0 Å². The van der Waals surface area contributed by atoms with Gasteiger partial charge in [-0.05, 0) is 38.1 Å². The molecule has 1 aliphatic rings. The van der Waals surface area contributed by atoms with Gasteiger partial charge in [0.15, 0.2) is 0 Å². The summed E-state index contributed by atoms with van der Waals surface area (Å²) in [5.41, 5.74) is 2.29. The molecule has 1 saturated heterocycles. The van der Waals surface area contributed by atoms with Gasteiger partial charge in [0.05, 0.1) is 22.9 Å². The molecule has 2 heterocycles. The maximum absolute atomic E-state index is 12.2. The summed E-state index contributed by atoms with van der Waals surface area (Å²) in [5, 5.41) is 6.36. The van der Waals surface area contributed by atoms with Crippen molar-refractivity contribution in [1.82, 2.24) is 20.6 Å². The molecule has 1 unspecified atom stereocenters. The van der Waals surface area contributed by atoms with Crippen molar-refractivity contribution in [2.45, 2.75) is 18.9 Å². The van der Waals surface area contributed by atoms with Crippen molar-refractivity contribution in [3.63, 3.8) is 0 Å². The SMILES string of the molecule is CC1(NC(=O)c2ccc3nc[nH]c3c2)CCNC1. The molecular formula is C13H16N4O. The topological polar surface area (TPSA) is 69.8 Å². The number of H-pyrrole nitrogens is 1. The Morgan fingerprint density at radius 1 is 1.50 bits per heavy atom. The molecule has 0 spiro atoms. The summed E-state index contributed by atoms with van der Waals surface area (Å²) in [5.74, 6) is -0.0299. The van der Waals surface area contributed by atoms with E-state index in [-0.39, 0.29) is 11.4 Å². The minimum absolute atomic E-state index is 0.0299. The van der Waals surface area contributed by atoms with Gasteiger partial charge in [-0.25, -0.2) is 4.98 Å². The van der Waals surface area contributed by atoms with Crippen LogP contribution < -0.4 is 10.6 Å². The number of imidazole rings is 1. The number of benzene rings is 1. The quantitative estimate of drug-likeness (QED) is 0.739. The van der Waals surface area contributed by atoms with Gasteiger partial charge in [0.25, 0.3) is 5.91 Å². The van der Waals surface area contributed by atoms with E-state index in [9.17, 15) is 4.79 Å². The summed E-state index contributed by atoms with van der Waals surface area (Å²) >= 11 is 0. The predicted molar refractivity (Wildman–Crippen MR) is 69.5 cm³/mol. The molecule has 1 aliphatic heterocycles. The number of carbonyl (C=O) groups excluding carboxylic acids is 1. The summed E-state index contributed by atoms with van der Waals surface area (Å²) < 4.78 is 0. The molecule has 0 saturated carbocycles. The normalized spacial score (nSPS) is 23.4. The Morgan fingerprint density at radius 2 is 2.39 bits per heavy atom. The van der Waals surface area contributed by atoms with Crippen LogP contribution >= 0.6 is 0 Å². The van der Waals surface area contributed by atoms with Crippen LogP contribution in [0.4, 0.5) is 0 Å². The fourth-order valence-corrected chi connectivity index (χ4v) is 2.35. The zero-order valence-corrected chi connectivity index (χ0v) is 10.3. The highest BCUT2D eigenvalue weighted by Gasteiger charge is 2.30. The second kappa shape index (κ2) is 4.10. The van der Waals surface area contributed by atoms with Crippen molar-refractivity contribution in [1.29, 1.82) is 0 Å². The highest BCUT2D eigenvalue weighted by atomic mass is 16.1. The fourth-order valence-electron chi connectivity index (χ4n) is 2.35. The molecule has 94 valence electrons. The number of aromatic nitrogens is 2. The summed E-state index contributed by atoms with van der Waals surface area (Å²) in [6.07, 6.45) is 2.60. The summed E-state index contributed by atoms with van der Waals surface area (Å²) in [4.78, 5) is 19.4. The number of fused-ring (bicyclic) bond motifs is 1. The van der Waals surface area contributed by atoms with E-state index in [0.717, 1.165) is 30.5 Å². The van der Waals surface area contributed by atoms with Crippen LogP contribution in [-0.4, -0.2) is 34.5 Å². The maximum Gasteiger partial charge on any atom is 0.251 e. The molecular weight excluding hydrogens is 228 g/mol. The maximum atomic E-state index is 12.2. The summed E-state index contributed by atoms with van der Waals surface area (Å²) in [7, 11) is 0. The first-order valence-corrected chi connectivity index (χ1v) is 6.13.